The number of hydrogen-bond donors (Lipinski definition) is 2. The summed E-state index contributed by atoms with van der Waals surface area (Å²) >= 11 is 0. The largest absolute Gasteiger partial charge is 0.484 e. The third-order valence-electron chi connectivity index (χ3n) is 3.08. The van der Waals surface area contributed by atoms with Crippen molar-refractivity contribution in [2.45, 2.75) is 26.0 Å². The van der Waals surface area contributed by atoms with Gasteiger partial charge in [-0.2, -0.15) is 0 Å². The highest BCUT2D eigenvalue weighted by Crippen LogP contribution is 2.22. The number of halogens is 1. The van der Waals surface area contributed by atoms with Gasteiger partial charge < -0.3 is 15.8 Å². The molecule has 1 heterocycles. The molecule has 0 aliphatic carbocycles. The van der Waals surface area contributed by atoms with Gasteiger partial charge in [-0.15, -0.1) is 0 Å². The fourth-order valence-electron chi connectivity index (χ4n) is 1.75. The second kappa shape index (κ2) is 7.51. The molecule has 0 bridgehead atoms. The molecule has 116 valence electrons. The van der Waals surface area contributed by atoms with Gasteiger partial charge in [0.25, 0.3) is 0 Å². The Bertz CT molecular complexity index is 635. The second-order valence-corrected chi connectivity index (χ2v) is 4.76. The number of benzene rings is 1. The average molecular weight is 303 g/mol. The topological polar surface area (TPSA) is 77.2 Å². The maximum absolute atomic E-state index is 14.0. The number of nitrogens with two attached hydrogens (primary N) is 1. The molecule has 5 nitrogen and oxygen atoms in total. The molecule has 2 aromatic rings. The van der Waals surface area contributed by atoms with Crippen LogP contribution in [0.25, 0.3) is 0 Å². The van der Waals surface area contributed by atoms with Crippen molar-refractivity contribution in [1.82, 2.24) is 4.98 Å². The van der Waals surface area contributed by atoms with Crippen LogP contribution in [0, 0.1) is 5.82 Å². The van der Waals surface area contributed by atoms with E-state index in [1.807, 2.05) is 6.07 Å². The minimum atomic E-state index is -0.608. The third-order valence-corrected chi connectivity index (χ3v) is 3.08. The first kappa shape index (κ1) is 15.9. The predicted molar refractivity (Wildman–Crippen MR) is 81.9 cm³/mol. The Balaban J connectivity index is 1.99. The molecule has 0 fully saturated rings. The first-order valence-electron chi connectivity index (χ1n) is 6.99. The molecule has 0 aliphatic rings. The molecule has 0 aliphatic heterocycles. The van der Waals surface area contributed by atoms with Gasteiger partial charge in [-0.1, -0.05) is 13.0 Å². The lowest BCUT2D eigenvalue weighted by atomic mass is 10.2. The number of amides is 1. The van der Waals surface area contributed by atoms with Gasteiger partial charge in [0.1, 0.15) is 6.61 Å². The number of rotatable bonds is 6. The molecule has 0 radical (unpaired) electrons. The maximum Gasteiger partial charge on any atom is 0.241 e. The van der Waals surface area contributed by atoms with Crippen molar-refractivity contribution < 1.29 is 13.9 Å². The second-order valence-electron chi connectivity index (χ2n) is 4.76. The summed E-state index contributed by atoms with van der Waals surface area (Å²) in [6.45, 7) is 1.98. The first-order valence-corrected chi connectivity index (χ1v) is 6.99. The monoisotopic (exact) mass is 303 g/mol. The van der Waals surface area contributed by atoms with Gasteiger partial charge >= 0.3 is 0 Å². The molecule has 1 aromatic carbocycles. The minimum absolute atomic E-state index is 0.100. The normalized spacial score (nSPS) is 11.8. The van der Waals surface area contributed by atoms with E-state index in [9.17, 15) is 9.18 Å². The standard InChI is InChI=1S/C16H18FN3O2/c1-2-14(18)16(21)20-11-6-7-15(13(17)9-11)22-10-12-5-3-4-8-19-12/h3-9,14H,2,10,18H2,1H3,(H,20,21)/t14-/m0/s1. The lowest BCUT2D eigenvalue weighted by molar-refractivity contribution is -0.117. The molecule has 0 spiro atoms. The SMILES string of the molecule is CC[C@H](N)C(=O)Nc1ccc(OCc2ccccn2)c(F)c1. The maximum atomic E-state index is 14.0. The fraction of sp³-hybridized carbons (Fsp3) is 0.250. The molecule has 0 unspecified atom stereocenters. The molecule has 22 heavy (non-hydrogen) atoms. The van der Waals surface area contributed by atoms with Crippen LogP contribution in [0.4, 0.5) is 10.1 Å². The Morgan fingerprint density at radius 1 is 1.41 bits per heavy atom. The predicted octanol–water partition coefficient (Wildman–Crippen LogP) is 2.48. The Morgan fingerprint density at radius 2 is 2.23 bits per heavy atom. The van der Waals surface area contributed by atoms with Crippen LogP contribution >= 0.6 is 0 Å². The van der Waals surface area contributed by atoms with Crippen LogP contribution in [0.3, 0.4) is 0 Å². The van der Waals surface area contributed by atoms with Crippen molar-refractivity contribution >= 4 is 11.6 Å². The Hall–Kier alpha value is -2.47. The van der Waals surface area contributed by atoms with Crippen molar-refractivity contribution in [1.29, 1.82) is 0 Å². The van der Waals surface area contributed by atoms with Gasteiger partial charge in [0.05, 0.1) is 11.7 Å². The molecule has 0 saturated heterocycles. The minimum Gasteiger partial charge on any atom is -0.484 e. The van der Waals surface area contributed by atoms with E-state index in [2.05, 4.69) is 10.3 Å². The number of nitrogens with one attached hydrogen (secondary N) is 1. The van der Waals surface area contributed by atoms with Crippen molar-refractivity contribution in [3.63, 3.8) is 0 Å². The van der Waals surface area contributed by atoms with Gasteiger partial charge in [-0.3, -0.25) is 9.78 Å². The number of anilines is 1. The summed E-state index contributed by atoms with van der Waals surface area (Å²) in [5, 5.41) is 2.56. The van der Waals surface area contributed by atoms with E-state index in [0.717, 1.165) is 0 Å². The summed E-state index contributed by atoms with van der Waals surface area (Å²) in [5.41, 5.74) is 6.65. The molecule has 1 amide bonds. The highest BCUT2D eigenvalue weighted by atomic mass is 19.1. The number of nitrogens with zero attached hydrogens (tertiary/aromatic N) is 1. The Labute approximate surface area is 128 Å². The number of aromatic nitrogens is 1. The zero-order valence-corrected chi connectivity index (χ0v) is 12.3. The zero-order chi connectivity index (χ0) is 15.9. The third kappa shape index (κ3) is 4.26. The van der Waals surface area contributed by atoms with E-state index in [1.165, 1.54) is 12.1 Å². The summed E-state index contributed by atoms with van der Waals surface area (Å²) in [4.78, 5) is 15.7. The molecule has 6 heteroatoms. The number of carbonyl (C=O) groups excluding carboxylic acids is 1. The van der Waals surface area contributed by atoms with E-state index < -0.39 is 11.9 Å². The van der Waals surface area contributed by atoms with E-state index in [1.54, 1.807) is 31.3 Å². The lowest BCUT2D eigenvalue weighted by Gasteiger charge is -2.12. The highest BCUT2D eigenvalue weighted by molar-refractivity contribution is 5.94. The fourth-order valence-corrected chi connectivity index (χ4v) is 1.75. The first-order chi connectivity index (χ1) is 10.6. The summed E-state index contributed by atoms with van der Waals surface area (Å²) < 4.78 is 19.3. The number of ether oxygens (including phenoxy) is 1. The lowest BCUT2D eigenvalue weighted by Crippen LogP contribution is -2.34. The highest BCUT2D eigenvalue weighted by Gasteiger charge is 2.12. The molecule has 1 atom stereocenters. The number of carbonyl (C=O) groups is 1. The van der Waals surface area contributed by atoms with E-state index >= 15 is 0 Å². The van der Waals surface area contributed by atoms with Gasteiger partial charge in [-0.05, 0) is 30.7 Å². The quantitative estimate of drug-likeness (QED) is 0.859. The summed E-state index contributed by atoms with van der Waals surface area (Å²) in [6, 6.07) is 9.04. The van der Waals surface area contributed by atoms with Gasteiger partial charge in [0, 0.05) is 18.0 Å². The Morgan fingerprint density at radius 3 is 2.86 bits per heavy atom. The summed E-state index contributed by atoms with van der Waals surface area (Å²) in [5.74, 6) is -0.800. The number of hydrogen-bond acceptors (Lipinski definition) is 4. The molecular formula is C16H18FN3O2. The van der Waals surface area contributed by atoms with Crippen LogP contribution in [-0.2, 0) is 11.4 Å². The molecule has 1 aromatic heterocycles. The van der Waals surface area contributed by atoms with E-state index in [-0.39, 0.29) is 18.3 Å². The van der Waals surface area contributed by atoms with Crippen molar-refractivity contribution in [2.24, 2.45) is 5.73 Å². The van der Waals surface area contributed by atoms with Crippen molar-refractivity contribution in [3.05, 3.63) is 54.1 Å². The molecule has 0 saturated carbocycles. The zero-order valence-electron chi connectivity index (χ0n) is 12.3. The van der Waals surface area contributed by atoms with Gasteiger partial charge in [-0.25, -0.2) is 4.39 Å². The Kier molecular flexibility index (Phi) is 5.43. The van der Waals surface area contributed by atoms with Crippen LogP contribution in [0.2, 0.25) is 0 Å². The van der Waals surface area contributed by atoms with Crippen LogP contribution < -0.4 is 15.8 Å². The summed E-state index contributed by atoms with van der Waals surface area (Å²) in [7, 11) is 0. The van der Waals surface area contributed by atoms with Crippen molar-refractivity contribution in [2.75, 3.05) is 5.32 Å². The van der Waals surface area contributed by atoms with Crippen LogP contribution in [0.15, 0.2) is 42.6 Å². The summed E-state index contributed by atoms with van der Waals surface area (Å²) in [6.07, 6.45) is 2.16. The number of pyridine rings is 1. The van der Waals surface area contributed by atoms with Crippen LogP contribution in [0.5, 0.6) is 5.75 Å². The average Bonchev–Trinajstić information content (AvgIpc) is 2.54. The van der Waals surface area contributed by atoms with E-state index in [0.29, 0.717) is 17.8 Å². The van der Waals surface area contributed by atoms with E-state index in [4.69, 9.17) is 10.5 Å². The molecule has 2 rings (SSSR count). The molecular weight excluding hydrogens is 285 g/mol. The van der Waals surface area contributed by atoms with Gasteiger partial charge in [0.15, 0.2) is 11.6 Å². The van der Waals surface area contributed by atoms with Crippen molar-refractivity contribution in [3.8, 4) is 5.75 Å². The smallest absolute Gasteiger partial charge is 0.241 e. The van der Waals surface area contributed by atoms with Gasteiger partial charge in [0.2, 0.25) is 5.91 Å². The molecule has 3 N–H and O–H groups in total. The van der Waals surface area contributed by atoms with Crippen LogP contribution in [0.1, 0.15) is 19.0 Å². The van der Waals surface area contributed by atoms with Crippen LogP contribution in [-0.4, -0.2) is 16.9 Å².